The molecule has 2 aromatic carbocycles. The van der Waals surface area contributed by atoms with Crippen LogP contribution in [0.1, 0.15) is 17.5 Å². The summed E-state index contributed by atoms with van der Waals surface area (Å²) in [5.41, 5.74) is 2.27. The lowest BCUT2D eigenvalue weighted by Gasteiger charge is -2.16. The van der Waals surface area contributed by atoms with Gasteiger partial charge in [0.05, 0.1) is 19.5 Å². The van der Waals surface area contributed by atoms with Crippen molar-refractivity contribution < 1.29 is 14.3 Å². The average Bonchev–Trinajstić information content (AvgIpc) is 2.97. The van der Waals surface area contributed by atoms with Crippen LogP contribution in [0.5, 0.6) is 11.5 Å². The van der Waals surface area contributed by atoms with E-state index in [4.69, 9.17) is 21.7 Å². The molecule has 0 radical (unpaired) electrons. The van der Waals surface area contributed by atoms with Crippen LogP contribution in [0.4, 0.5) is 0 Å². The third-order valence-corrected chi connectivity index (χ3v) is 6.97. The number of thiocarbonyl (C=S) groups is 1. The predicted octanol–water partition coefficient (Wildman–Crippen LogP) is 4.87. The van der Waals surface area contributed by atoms with E-state index in [2.05, 4.69) is 28.1 Å². The van der Waals surface area contributed by atoms with Gasteiger partial charge >= 0.3 is 0 Å². The van der Waals surface area contributed by atoms with Crippen LogP contribution >= 0.6 is 39.9 Å². The number of amides is 1. The van der Waals surface area contributed by atoms with Crippen molar-refractivity contribution >= 4 is 50.1 Å². The Morgan fingerprint density at radius 2 is 1.82 bits per heavy atom. The van der Waals surface area contributed by atoms with Gasteiger partial charge in [-0.3, -0.25) is 9.69 Å². The topological polar surface area (TPSA) is 38.8 Å². The summed E-state index contributed by atoms with van der Waals surface area (Å²) in [6.07, 6.45) is 2.41. The average molecular weight is 480 g/mol. The molecule has 1 atom stereocenters. The number of benzene rings is 2. The van der Waals surface area contributed by atoms with Crippen molar-refractivity contribution in [2.75, 3.05) is 20.8 Å². The molecule has 3 rings (SSSR count). The fraction of sp³-hybridized carbons (Fsp3) is 0.333. The molecule has 1 amide bonds. The largest absolute Gasteiger partial charge is 0.493 e. The monoisotopic (exact) mass is 479 g/mol. The Morgan fingerprint density at radius 1 is 1.14 bits per heavy atom. The van der Waals surface area contributed by atoms with Crippen LogP contribution in [0.25, 0.3) is 0 Å². The smallest absolute Gasteiger partial charge is 0.241 e. The van der Waals surface area contributed by atoms with E-state index in [0.29, 0.717) is 28.8 Å². The Labute approximate surface area is 183 Å². The number of carbonyl (C=O) groups excluding carboxylic acids is 1. The van der Waals surface area contributed by atoms with Gasteiger partial charge in [0.2, 0.25) is 5.91 Å². The zero-order chi connectivity index (χ0) is 20.1. The van der Waals surface area contributed by atoms with Crippen LogP contribution in [0.2, 0.25) is 0 Å². The van der Waals surface area contributed by atoms with E-state index in [1.807, 2.05) is 30.3 Å². The van der Waals surface area contributed by atoms with Crippen LogP contribution in [0.15, 0.2) is 46.9 Å². The number of hydrogen-bond acceptors (Lipinski definition) is 5. The molecule has 1 aliphatic heterocycles. The fourth-order valence-electron chi connectivity index (χ4n) is 3.17. The third kappa shape index (κ3) is 4.88. The van der Waals surface area contributed by atoms with Crippen LogP contribution in [-0.2, 0) is 17.6 Å². The first-order valence-corrected chi connectivity index (χ1v) is 11.1. The van der Waals surface area contributed by atoms with E-state index in [1.54, 1.807) is 19.1 Å². The molecule has 0 N–H and O–H groups in total. The van der Waals surface area contributed by atoms with Crippen LogP contribution in [0.3, 0.4) is 0 Å². The van der Waals surface area contributed by atoms with E-state index in [0.717, 1.165) is 22.9 Å². The minimum Gasteiger partial charge on any atom is -0.493 e. The fourth-order valence-corrected chi connectivity index (χ4v) is 5.23. The molecule has 2 aromatic rings. The van der Waals surface area contributed by atoms with Crippen molar-refractivity contribution in [1.82, 2.24) is 4.90 Å². The lowest BCUT2D eigenvalue weighted by molar-refractivity contribution is -0.126. The van der Waals surface area contributed by atoms with E-state index < -0.39 is 0 Å². The molecule has 148 valence electrons. The maximum Gasteiger partial charge on any atom is 0.241 e. The van der Waals surface area contributed by atoms with Gasteiger partial charge in [-0.05, 0) is 42.5 Å². The quantitative estimate of drug-likeness (QED) is 0.504. The summed E-state index contributed by atoms with van der Waals surface area (Å²) in [6.45, 7) is 0.656. The summed E-state index contributed by atoms with van der Waals surface area (Å²) in [7, 11) is 3.21. The molecule has 1 fully saturated rings. The second-order valence-electron chi connectivity index (χ2n) is 6.45. The van der Waals surface area contributed by atoms with E-state index in [9.17, 15) is 4.79 Å². The highest BCUT2D eigenvalue weighted by molar-refractivity contribution is 9.10. The van der Waals surface area contributed by atoms with Crippen molar-refractivity contribution in [2.24, 2.45) is 0 Å². The van der Waals surface area contributed by atoms with Crippen molar-refractivity contribution in [2.45, 2.75) is 24.5 Å². The van der Waals surface area contributed by atoms with Crippen LogP contribution < -0.4 is 9.47 Å². The minimum absolute atomic E-state index is 0.0877. The van der Waals surface area contributed by atoms with Crippen molar-refractivity contribution in [3.8, 4) is 11.5 Å². The molecular formula is C21H22BrNO3S2. The number of nitrogens with zero attached hydrogens (tertiary/aromatic N) is 1. The molecule has 7 heteroatoms. The molecular weight excluding hydrogens is 458 g/mol. The lowest BCUT2D eigenvalue weighted by atomic mass is 10.1. The molecule has 1 aliphatic rings. The number of carbonyl (C=O) groups is 1. The molecule has 28 heavy (non-hydrogen) atoms. The molecule has 0 unspecified atom stereocenters. The summed E-state index contributed by atoms with van der Waals surface area (Å²) < 4.78 is 12.3. The van der Waals surface area contributed by atoms with Crippen molar-refractivity contribution in [3.05, 3.63) is 58.1 Å². The number of hydrogen-bond donors (Lipinski definition) is 0. The molecule has 4 nitrogen and oxygen atoms in total. The van der Waals surface area contributed by atoms with E-state index >= 15 is 0 Å². The highest BCUT2D eigenvalue weighted by Crippen LogP contribution is 2.37. The summed E-state index contributed by atoms with van der Waals surface area (Å²) >= 11 is 10.5. The van der Waals surface area contributed by atoms with E-state index in [-0.39, 0.29) is 11.2 Å². The van der Waals surface area contributed by atoms with Crippen molar-refractivity contribution in [1.29, 1.82) is 0 Å². The Balaban J connectivity index is 1.63. The Hall–Kier alpha value is -1.57. The van der Waals surface area contributed by atoms with Gasteiger partial charge in [-0.15, -0.1) is 0 Å². The number of rotatable bonds is 8. The number of thioether (sulfide) groups is 1. The minimum atomic E-state index is -0.210. The maximum absolute atomic E-state index is 12.9. The van der Waals surface area contributed by atoms with Gasteiger partial charge in [-0.25, -0.2) is 0 Å². The summed E-state index contributed by atoms with van der Waals surface area (Å²) in [5.74, 6) is 1.39. The Morgan fingerprint density at radius 3 is 2.50 bits per heavy atom. The second-order valence-corrected chi connectivity index (χ2v) is 9.15. The Kier molecular flexibility index (Phi) is 7.37. The summed E-state index contributed by atoms with van der Waals surface area (Å²) in [5, 5.41) is -0.210. The van der Waals surface area contributed by atoms with Crippen LogP contribution in [-0.4, -0.2) is 41.1 Å². The van der Waals surface area contributed by atoms with Gasteiger partial charge in [-0.1, -0.05) is 70.2 Å². The van der Waals surface area contributed by atoms with Gasteiger partial charge in [0.25, 0.3) is 0 Å². The number of methoxy groups -OCH3 is 2. The number of halogens is 1. The molecule has 1 saturated heterocycles. The van der Waals surface area contributed by atoms with Gasteiger partial charge in [0, 0.05) is 11.0 Å². The van der Waals surface area contributed by atoms with Crippen LogP contribution in [0, 0.1) is 0 Å². The van der Waals surface area contributed by atoms with Gasteiger partial charge in [0.1, 0.15) is 4.32 Å². The Bertz CT molecular complexity index is 860. The lowest BCUT2D eigenvalue weighted by Crippen LogP contribution is -2.33. The predicted molar refractivity (Wildman–Crippen MR) is 121 cm³/mol. The molecule has 0 spiro atoms. The van der Waals surface area contributed by atoms with Gasteiger partial charge < -0.3 is 9.47 Å². The maximum atomic E-state index is 12.9. The second kappa shape index (κ2) is 9.76. The first-order chi connectivity index (χ1) is 13.5. The highest BCUT2D eigenvalue weighted by atomic mass is 79.9. The molecule has 0 saturated carbocycles. The molecule has 0 aliphatic carbocycles. The summed E-state index contributed by atoms with van der Waals surface area (Å²) in [4.78, 5) is 14.7. The van der Waals surface area contributed by atoms with Gasteiger partial charge in [-0.2, -0.15) is 0 Å². The SMILES string of the molecule is COc1cc(Br)c(C[C@H]2SC(=S)N(CCCc3ccccc3)C2=O)cc1OC. The standard InChI is InChI=1S/C21H22BrNO3S2/c1-25-17-11-15(16(22)13-18(17)26-2)12-19-20(24)23(21(27)28-19)10-6-9-14-7-4-3-5-8-14/h3-5,7-8,11,13,19H,6,9-10,12H2,1-2H3/t19-/m1/s1. The molecule has 0 aromatic heterocycles. The summed E-state index contributed by atoms with van der Waals surface area (Å²) in [6, 6.07) is 14.1. The molecule has 1 heterocycles. The third-order valence-electron chi connectivity index (χ3n) is 4.65. The molecule has 0 bridgehead atoms. The number of aryl methyl sites for hydroxylation is 1. The first-order valence-electron chi connectivity index (χ1n) is 8.99. The van der Waals surface area contributed by atoms with Gasteiger partial charge in [0.15, 0.2) is 11.5 Å². The first kappa shape index (κ1) is 21.1. The van der Waals surface area contributed by atoms with E-state index in [1.165, 1.54) is 17.3 Å². The van der Waals surface area contributed by atoms with Crippen molar-refractivity contribution in [3.63, 3.8) is 0 Å². The zero-order valence-electron chi connectivity index (χ0n) is 15.8. The number of ether oxygens (including phenoxy) is 2. The highest BCUT2D eigenvalue weighted by Gasteiger charge is 2.36. The zero-order valence-corrected chi connectivity index (χ0v) is 19.0. The normalized spacial score (nSPS) is 16.5.